The van der Waals surface area contributed by atoms with Crippen LogP contribution < -0.4 is 0 Å². The van der Waals surface area contributed by atoms with Crippen molar-refractivity contribution in [1.82, 2.24) is 0 Å². The van der Waals surface area contributed by atoms with Crippen LogP contribution in [-0.4, -0.2) is 25.7 Å². The van der Waals surface area contributed by atoms with Crippen molar-refractivity contribution in [2.75, 3.05) is 13.7 Å². The SMILES string of the molecule is COCC(=O)C(F)(F)F. The van der Waals surface area contributed by atoms with E-state index in [1.165, 1.54) is 0 Å². The van der Waals surface area contributed by atoms with Gasteiger partial charge in [-0.25, -0.2) is 0 Å². The summed E-state index contributed by atoms with van der Waals surface area (Å²) in [5.41, 5.74) is 0. The Kier molecular flexibility index (Phi) is 2.64. The molecule has 0 spiro atoms. The lowest BCUT2D eigenvalue weighted by Gasteiger charge is -2.01. The minimum atomic E-state index is -4.75. The summed E-state index contributed by atoms with van der Waals surface area (Å²) in [6.45, 7) is -0.899. The second-order valence-electron chi connectivity index (χ2n) is 1.35. The van der Waals surface area contributed by atoms with Crippen molar-refractivity contribution < 1.29 is 22.7 Å². The quantitative estimate of drug-likeness (QED) is 0.569. The zero-order valence-electron chi connectivity index (χ0n) is 4.66. The monoisotopic (exact) mass is 142 g/mol. The Bertz CT molecular complexity index is 107. The lowest BCUT2D eigenvalue weighted by atomic mass is 10.4. The van der Waals surface area contributed by atoms with Crippen LogP contribution in [0.15, 0.2) is 0 Å². The zero-order chi connectivity index (χ0) is 7.49. The number of carbonyl (C=O) groups excluding carboxylic acids is 1. The van der Waals surface area contributed by atoms with Crippen molar-refractivity contribution in [1.29, 1.82) is 0 Å². The van der Waals surface area contributed by atoms with E-state index >= 15 is 0 Å². The predicted molar refractivity (Wildman–Crippen MR) is 22.9 cm³/mol. The fourth-order valence-corrected chi connectivity index (χ4v) is 0.213. The molecule has 0 aromatic heterocycles. The molecule has 54 valence electrons. The molecular formula is C4H5F3O2. The predicted octanol–water partition coefficient (Wildman–Crippen LogP) is 0.764. The van der Waals surface area contributed by atoms with Gasteiger partial charge in [0, 0.05) is 7.11 Å². The summed E-state index contributed by atoms with van der Waals surface area (Å²) in [4.78, 5) is 9.81. The Balaban J connectivity index is 3.74. The van der Waals surface area contributed by atoms with E-state index in [4.69, 9.17) is 0 Å². The Hall–Kier alpha value is -0.580. The van der Waals surface area contributed by atoms with E-state index in [0.29, 0.717) is 0 Å². The van der Waals surface area contributed by atoms with Gasteiger partial charge in [0.15, 0.2) is 0 Å². The van der Waals surface area contributed by atoms with Gasteiger partial charge in [0.05, 0.1) is 0 Å². The number of halogens is 3. The highest BCUT2D eigenvalue weighted by atomic mass is 19.4. The van der Waals surface area contributed by atoms with E-state index < -0.39 is 18.6 Å². The molecule has 0 rings (SSSR count). The number of hydrogen-bond donors (Lipinski definition) is 0. The molecule has 0 radical (unpaired) electrons. The van der Waals surface area contributed by atoms with E-state index in [2.05, 4.69) is 4.74 Å². The largest absolute Gasteiger partial charge is 0.452 e. The van der Waals surface area contributed by atoms with Crippen LogP contribution in [0.5, 0.6) is 0 Å². The lowest BCUT2D eigenvalue weighted by molar-refractivity contribution is -0.174. The maximum atomic E-state index is 11.2. The standard InChI is InChI=1S/C4H5F3O2/c1-9-2-3(8)4(5,6)7/h2H2,1H3. The molecule has 0 N–H and O–H groups in total. The van der Waals surface area contributed by atoms with Crippen molar-refractivity contribution in [3.8, 4) is 0 Å². The second-order valence-corrected chi connectivity index (χ2v) is 1.35. The fraction of sp³-hybridized carbons (Fsp3) is 0.750. The first-order valence-corrected chi connectivity index (χ1v) is 2.07. The van der Waals surface area contributed by atoms with Crippen LogP contribution in [-0.2, 0) is 9.53 Å². The Labute approximate surface area is 49.6 Å². The topological polar surface area (TPSA) is 26.3 Å². The van der Waals surface area contributed by atoms with Crippen molar-refractivity contribution in [3.63, 3.8) is 0 Å². The molecule has 0 atom stereocenters. The third-order valence-corrected chi connectivity index (χ3v) is 0.592. The highest BCUT2D eigenvalue weighted by molar-refractivity contribution is 5.85. The molecule has 0 fully saturated rings. The lowest BCUT2D eigenvalue weighted by Crippen LogP contribution is -2.26. The van der Waals surface area contributed by atoms with Crippen molar-refractivity contribution in [2.24, 2.45) is 0 Å². The van der Waals surface area contributed by atoms with Gasteiger partial charge in [-0.2, -0.15) is 13.2 Å². The summed E-state index contributed by atoms with van der Waals surface area (Å²) in [6.07, 6.45) is -4.75. The van der Waals surface area contributed by atoms with Crippen LogP contribution in [0.4, 0.5) is 13.2 Å². The first kappa shape index (κ1) is 8.42. The average Bonchev–Trinajstić information content (AvgIpc) is 1.64. The first-order chi connectivity index (χ1) is 3.98. The van der Waals surface area contributed by atoms with E-state index in [1.807, 2.05) is 0 Å². The number of hydrogen-bond acceptors (Lipinski definition) is 2. The molecule has 9 heavy (non-hydrogen) atoms. The molecule has 0 aliphatic rings. The molecule has 0 amide bonds. The summed E-state index contributed by atoms with van der Waals surface area (Å²) in [5.74, 6) is -1.86. The molecule has 0 aliphatic carbocycles. The number of alkyl halides is 3. The van der Waals surface area contributed by atoms with Gasteiger partial charge in [-0.15, -0.1) is 0 Å². The van der Waals surface area contributed by atoms with Gasteiger partial charge in [0.1, 0.15) is 6.61 Å². The van der Waals surface area contributed by atoms with Crippen LogP contribution in [0.25, 0.3) is 0 Å². The van der Waals surface area contributed by atoms with E-state index in [9.17, 15) is 18.0 Å². The van der Waals surface area contributed by atoms with E-state index in [0.717, 1.165) is 7.11 Å². The summed E-state index contributed by atoms with van der Waals surface area (Å²) in [6, 6.07) is 0. The smallest absolute Gasteiger partial charge is 0.377 e. The van der Waals surface area contributed by atoms with Gasteiger partial charge >= 0.3 is 6.18 Å². The summed E-state index contributed by atoms with van der Waals surface area (Å²) >= 11 is 0. The molecule has 0 bridgehead atoms. The molecule has 0 heterocycles. The second kappa shape index (κ2) is 2.82. The fourth-order valence-electron chi connectivity index (χ4n) is 0.213. The van der Waals surface area contributed by atoms with Crippen LogP contribution in [0.1, 0.15) is 0 Å². The van der Waals surface area contributed by atoms with Gasteiger partial charge in [-0.05, 0) is 0 Å². The summed E-state index contributed by atoms with van der Waals surface area (Å²) < 4.78 is 37.6. The Morgan fingerprint density at radius 1 is 1.56 bits per heavy atom. The highest BCUT2D eigenvalue weighted by Crippen LogP contribution is 2.15. The maximum Gasteiger partial charge on any atom is 0.452 e. The van der Waals surface area contributed by atoms with Gasteiger partial charge in [-0.1, -0.05) is 0 Å². The zero-order valence-corrected chi connectivity index (χ0v) is 4.66. The van der Waals surface area contributed by atoms with Crippen LogP contribution in [0, 0.1) is 0 Å². The molecule has 0 saturated heterocycles. The molecule has 0 aliphatic heterocycles. The highest BCUT2D eigenvalue weighted by Gasteiger charge is 2.37. The van der Waals surface area contributed by atoms with Gasteiger partial charge in [0.2, 0.25) is 0 Å². The number of rotatable bonds is 2. The molecule has 5 heteroatoms. The number of carbonyl (C=O) groups is 1. The van der Waals surface area contributed by atoms with Crippen LogP contribution >= 0.6 is 0 Å². The van der Waals surface area contributed by atoms with Crippen molar-refractivity contribution in [2.45, 2.75) is 6.18 Å². The molecule has 0 unspecified atom stereocenters. The number of methoxy groups -OCH3 is 1. The normalized spacial score (nSPS) is 11.6. The third kappa shape index (κ3) is 3.07. The first-order valence-electron chi connectivity index (χ1n) is 2.07. The third-order valence-electron chi connectivity index (χ3n) is 0.592. The molecular weight excluding hydrogens is 137 g/mol. The Morgan fingerprint density at radius 2 is 2.00 bits per heavy atom. The summed E-state index contributed by atoms with van der Waals surface area (Å²) in [5, 5.41) is 0. The maximum absolute atomic E-state index is 11.2. The van der Waals surface area contributed by atoms with Gasteiger partial charge < -0.3 is 4.74 Å². The van der Waals surface area contributed by atoms with Crippen molar-refractivity contribution in [3.05, 3.63) is 0 Å². The minimum Gasteiger partial charge on any atom is -0.377 e. The number of ketones is 1. The Morgan fingerprint density at radius 3 is 2.11 bits per heavy atom. The number of ether oxygens (including phenoxy) is 1. The van der Waals surface area contributed by atoms with E-state index in [-0.39, 0.29) is 0 Å². The molecule has 2 nitrogen and oxygen atoms in total. The van der Waals surface area contributed by atoms with Gasteiger partial charge in [-0.3, -0.25) is 4.79 Å². The summed E-state index contributed by atoms with van der Waals surface area (Å²) in [7, 11) is 1.03. The van der Waals surface area contributed by atoms with E-state index in [1.54, 1.807) is 0 Å². The van der Waals surface area contributed by atoms with Crippen LogP contribution in [0.3, 0.4) is 0 Å². The molecule has 0 aromatic carbocycles. The van der Waals surface area contributed by atoms with Crippen LogP contribution in [0.2, 0.25) is 0 Å². The number of Topliss-reactive ketones (excluding diaryl/α,β-unsaturated/α-hetero) is 1. The minimum absolute atomic E-state index is 0.899. The average molecular weight is 142 g/mol. The van der Waals surface area contributed by atoms with Crippen molar-refractivity contribution >= 4 is 5.78 Å². The molecule has 0 aromatic rings. The van der Waals surface area contributed by atoms with Gasteiger partial charge in [0.25, 0.3) is 5.78 Å². The molecule has 0 saturated carbocycles.